The number of benzene rings is 2. The van der Waals surface area contributed by atoms with Crippen LogP contribution < -0.4 is 5.73 Å². The van der Waals surface area contributed by atoms with E-state index in [-0.39, 0.29) is 5.82 Å². The summed E-state index contributed by atoms with van der Waals surface area (Å²) in [4.78, 5) is 1.94. The van der Waals surface area contributed by atoms with Gasteiger partial charge >= 0.3 is 0 Å². The maximum atomic E-state index is 12.9. The SMILES string of the molecule is Nc1ccc(Sc2cccc(F)c2)cc1. The van der Waals surface area contributed by atoms with Gasteiger partial charge in [0.25, 0.3) is 0 Å². The first-order valence-electron chi connectivity index (χ1n) is 4.53. The minimum atomic E-state index is -0.213. The van der Waals surface area contributed by atoms with E-state index >= 15 is 0 Å². The lowest BCUT2D eigenvalue weighted by atomic mass is 10.3. The van der Waals surface area contributed by atoms with Crippen LogP contribution in [-0.4, -0.2) is 0 Å². The first-order chi connectivity index (χ1) is 7.24. The number of anilines is 1. The lowest BCUT2D eigenvalue weighted by Crippen LogP contribution is -1.82. The minimum absolute atomic E-state index is 0.213. The molecule has 0 radical (unpaired) electrons. The molecule has 2 rings (SSSR count). The zero-order chi connectivity index (χ0) is 10.7. The number of halogens is 1. The van der Waals surface area contributed by atoms with E-state index in [4.69, 9.17) is 5.73 Å². The van der Waals surface area contributed by atoms with E-state index in [1.807, 2.05) is 30.3 Å². The number of nitrogen functional groups attached to an aromatic ring is 1. The predicted octanol–water partition coefficient (Wildman–Crippen LogP) is 3.56. The van der Waals surface area contributed by atoms with E-state index in [0.29, 0.717) is 0 Å². The summed E-state index contributed by atoms with van der Waals surface area (Å²) in [6, 6.07) is 14.0. The summed E-state index contributed by atoms with van der Waals surface area (Å²) in [5, 5.41) is 0. The molecule has 0 aromatic heterocycles. The zero-order valence-corrected chi connectivity index (χ0v) is 8.80. The van der Waals surface area contributed by atoms with E-state index in [1.54, 1.807) is 6.07 Å². The third kappa shape index (κ3) is 2.73. The van der Waals surface area contributed by atoms with Gasteiger partial charge in [-0.1, -0.05) is 17.8 Å². The van der Waals surface area contributed by atoms with Crippen molar-refractivity contribution in [3.8, 4) is 0 Å². The molecular formula is C12H10FNS. The Bertz CT molecular complexity index is 453. The van der Waals surface area contributed by atoms with Gasteiger partial charge in [0.05, 0.1) is 0 Å². The molecule has 76 valence electrons. The molecule has 2 aromatic rings. The molecule has 3 heteroatoms. The summed E-state index contributed by atoms with van der Waals surface area (Å²) in [6.07, 6.45) is 0. The van der Waals surface area contributed by atoms with Gasteiger partial charge in [0.2, 0.25) is 0 Å². The van der Waals surface area contributed by atoms with Crippen molar-refractivity contribution in [2.45, 2.75) is 9.79 Å². The van der Waals surface area contributed by atoms with Crippen LogP contribution in [0, 0.1) is 5.82 Å². The lowest BCUT2D eigenvalue weighted by Gasteiger charge is -2.01. The number of hydrogen-bond acceptors (Lipinski definition) is 2. The normalized spacial score (nSPS) is 10.2. The van der Waals surface area contributed by atoms with Crippen LogP contribution >= 0.6 is 11.8 Å². The molecule has 0 saturated carbocycles. The lowest BCUT2D eigenvalue weighted by molar-refractivity contribution is 0.624. The largest absolute Gasteiger partial charge is 0.399 e. The molecule has 0 amide bonds. The highest BCUT2D eigenvalue weighted by Gasteiger charge is 1.98. The van der Waals surface area contributed by atoms with E-state index in [9.17, 15) is 4.39 Å². The molecule has 0 spiro atoms. The molecule has 0 aliphatic carbocycles. The van der Waals surface area contributed by atoms with Gasteiger partial charge in [0.1, 0.15) is 5.82 Å². The standard InChI is InChI=1S/C12H10FNS/c13-9-2-1-3-12(8-9)15-11-6-4-10(14)5-7-11/h1-8H,14H2. The Kier molecular flexibility index (Phi) is 2.92. The zero-order valence-electron chi connectivity index (χ0n) is 7.98. The van der Waals surface area contributed by atoms with Gasteiger partial charge in [0, 0.05) is 15.5 Å². The summed E-state index contributed by atoms with van der Waals surface area (Å²) in [6.45, 7) is 0. The maximum absolute atomic E-state index is 12.9. The average molecular weight is 219 g/mol. The van der Waals surface area contributed by atoms with Crippen molar-refractivity contribution < 1.29 is 4.39 Å². The van der Waals surface area contributed by atoms with Crippen LogP contribution in [-0.2, 0) is 0 Å². The van der Waals surface area contributed by atoms with Crippen molar-refractivity contribution in [3.63, 3.8) is 0 Å². The van der Waals surface area contributed by atoms with Gasteiger partial charge < -0.3 is 5.73 Å². The molecule has 0 aliphatic heterocycles. The Morgan fingerprint density at radius 3 is 2.33 bits per heavy atom. The first-order valence-corrected chi connectivity index (χ1v) is 5.35. The van der Waals surface area contributed by atoms with Crippen LogP contribution in [0.4, 0.5) is 10.1 Å². The predicted molar refractivity (Wildman–Crippen MR) is 61.4 cm³/mol. The Balaban J connectivity index is 2.18. The molecular weight excluding hydrogens is 209 g/mol. The van der Waals surface area contributed by atoms with Gasteiger partial charge in [-0.15, -0.1) is 0 Å². The highest BCUT2D eigenvalue weighted by molar-refractivity contribution is 7.99. The topological polar surface area (TPSA) is 26.0 Å². The summed E-state index contributed by atoms with van der Waals surface area (Å²) in [5.41, 5.74) is 6.31. The Morgan fingerprint density at radius 2 is 1.67 bits per heavy atom. The second-order valence-electron chi connectivity index (χ2n) is 3.13. The Hall–Kier alpha value is -1.48. The van der Waals surface area contributed by atoms with Crippen molar-refractivity contribution in [1.29, 1.82) is 0 Å². The van der Waals surface area contributed by atoms with Crippen molar-refractivity contribution >= 4 is 17.4 Å². The maximum Gasteiger partial charge on any atom is 0.124 e. The van der Waals surface area contributed by atoms with Crippen LogP contribution in [0.5, 0.6) is 0 Å². The van der Waals surface area contributed by atoms with E-state index in [0.717, 1.165) is 15.5 Å². The van der Waals surface area contributed by atoms with Crippen LogP contribution in [0.15, 0.2) is 58.3 Å². The molecule has 0 unspecified atom stereocenters. The average Bonchev–Trinajstić information content (AvgIpc) is 2.22. The number of rotatable bonds is 2. The molecule has 0 bridgehead atoms. The fourth-order valence-corrected chi connectivity index (χ4v) is 2.06. The molecule has 2 aromatic carbocycles. The summed E-state index contributed by atoms with van der Waals surface area (Å²) in [7, 11) is 0. The van der Waals surface area contributed by atoms with Gasteiger partial charge in [-0.2, -0.15) is 0 Å². The van der Waals surface area contributed by atoms with E-state index in [2.05, 4.69) is 0 Å². The van der Waals surface area contributed by atoms with Crippen molar-refractivity contribution in [2.24, 2.45) is 0 Å². The van der Waals surface area contributed by atoms with E-state index < -0.39 is 0 Å². The summed E-state index contributed by atoms with van der Waals surface area (Å²) >= 11 is 1.51. The molecule has 0 saturated heterocycles. The van der Waals surface area contributed by atoms with Gasteiger partial charge in [-0.25, -0.2) is 4.39 Å². The Labute approximate surface area is 92.1 Å². The minimum Gasteiger partial charge on any atom is -0.399 e. The summed E-state index contributed by atoms with van der Waals surface area (Å²) < 4.78 is 12.9. The molecule has 0 heterocycles. The van der Waals surface area contributed by atoms with Crippen LogP contribution in [0.2, 0.25) is 0 Å². The third-order valence-corrected chi connectivity index (χ3v) is 2.91. The summed E-state index contributed by atoms with van der Waals surface area (Å²) in [5.74, 6) is -0.213. The molecule has 0 atom stereocenters. The smallest absolute Gasteiger partial charge is 0.124 e. The van der Waals surface area contributed by atoms with Crippen molar-refractivity contribution in [1.82, 2.24) is 0 Å². The van der Waals surface area contributed by atoms with Crippen molar-refractivity contribution in [2.75, 3.05) is 5.73 Å². The van der Waals surface area contributed by atoms with Gasteiger partial charge in [0.15, 0.2) is 0 Å². The quantitative estimate of drug-likeness (QED) is 0.781. The number of hydrogen-bond donors (Lipinski definition) is 1. The fourth-order valence-electron chi connectivity index (χ4n) is 1.20. The monoisotopic (exact) mass is 219 g/mol. The third-order valence-electron chi connectivity index (χ3n) is 1.91. The van der Waals surface area contributed by atoms with Crippen molar-refractivity contribution in [3.05, 3.63) is 54.3 Å². The molecule has 15 heavy (non-hydrogen) atoms. The van der Waals surface area contributed by atoms with Crippen LogP contribution in [0.3, 0.4) is 0 Å². The van der Waals surface area contributed by atoms with Gasteiger partial charge in [-0.05, 0) is 42.5 Å². The molecule has 1 nitrogen and oxygen atoms in total. The highest BCUT2D eigenvalue weighted by atomic mass is 32.2. The number of nitrogens with two attached hydrogens (primary N) is 1. The van der Waals surface area contributed by atoms with Crippen LogP contribution in [0.25, 0.3) is 0 Å². The molecule has 0 fully saturated rings. The second-order valence-corrected chi connectivity index (χ2v) is 4.28. The van der Waals surface area contributed by atoms with E-state index in [1.165, 1.54) is 23.9 Å². The molecule has 2 N–H and O–H groups in total. The highest BCUT2D eigenvalue weighted by Crippen LogP contribution is 2.28. The molecule has 0 aliphatic rings. The first kappa shape index (κ1) is 10.1. The Morgan fingerprint density at radius 1 is 0.933 bits per heavy atom. The van der Waals surface area contributed by atoms with Crippen LogP contribution in [0.1, 0.15) is 0 Å². The van der Waals surface area contributed by atoms with Gasteiger partial charge in [-0.3, -0.25) is 0 Å². The second kappa shape index (κ2) is 4.36. The fraction of sp³-hybridized carbons (Fsp3) is 0.